The number of hydrogen-bond donors (Lipinski definition) is 1. The number of pyridine rings is 1. The number of amides is 1. The zero-order valence-corrected chi connectivity index (χ0v) is 12.8. The average molecular weight is 300 g/mol. The van der Waals surface area contributed by atoms with Crippen molar-refractivity contribution in [1.29, 1.82) is 0 Å². The van der Waals surface area contributed by atoms with E-state index >= 15 is 0 Å². The standard InChI is InChI=1S/C16H20N4O2/c1-16(2)9-13(5-8-22-16)19-15(21)12-10-18-20(11-12)14-3-6-17-7-4-14/h3-4,6-7,10-11,13H,5,8-9H2,1-2H3,(H,19,21). The van der Waals surface area contributed by atoms with Crippen LogP contribution in [0, 0.1) is 0 Å². The molecular formula is C16H20N4O2. The van der Waals surface area contributed by atoms with E-state index in [1.54, 1.807) is 29.5 Å². The molecule has 1 fully saturated rings. The number of carbonyl (C=O) groups excluding carboxylic acids is 1. The molecule has 3 heterocycles. The first-order valence-corrected chi connectivity index (χ1v) is 7.43. The molecule has 1 atom stereocenters. The predicted molar refractivity (Wildman–Crippen MR) is 81.9 cm³/mol. The Morgan fingerprint density at radius 2 is 2.18 bits per heavy atom. The Morgan fingerprint density at radius 1 is 1.41 bits per heavy atom. The molecule has 116 valence electrons. The van der Waals surface area contributed by atoms with Crippen molar-refractivity contribution >= 4 is 5.91 Å². The molecule has 1 saturated heterocycles. The lowest BCUT2D eigenvalue weighted by atomic mass is 9.94. The SMILES string of the molecule is CC1(C)CC(NC(=O)c2cnn(-c3ccncc3)c2)CCO1. The molecule has 1 aliphatic rings. The van der Waals surface area contributed by atoms with Crippen LogP contribution in [-0.4, -0.2) is 38.9 Å². The highest BCUT2D eigenvalue weighted by atomic mass is 16.5. The second kappa shape index (κ2) is 5.88. The molecule has 0 aromatic carbocycles. The summed E-state index contributed by atoms with van der Waals surface area (Å²) in [6, 6.07) is 3.83. The van der Waals surface area contributed by atoms with Gasteiger partial charge in [0, 0.05) is 31.2 Å². The smallest absolute Gasteiger partial charge is 0.254 e. The fourth-order valence-electron chi connectivity index (χ4n) is 2.70. The highest BCUT2D eigenvalue weighted by molar-refractivity contribution is 5.94. The van der Waals surface area contributed by atoms with E-state index in [9.17, 15) is 4.79 Å². The van der Waals surface area contributed by atoms with Gasteiger partial charge in [0.1, 0.15) is 0 Å². The van der Waals surface area contributed by atoms with E-state index in [1.165, 1.54) is 0 Å². The zero-order chi connectivity index (χ0) is 15.6. The third-order valence-corrected chi connectivity index (χ3v) is 3.80. The Balaban J connectivity index is 1.67. The summed E-state index contributed by atoms with van der Waals surface area (Å²) in [5.74, 6) is -0.0944. The van der Waals surface area contributed by atoms with Crippen molar-refractivity contribution in [3.63, 3.8) is 0 Å². The van der Waals surface area contributed by atoms with Gasteiger partial charge >= 0.3 is 0 Å². The molecule has 1 unspecified atom stereocenters. The van der Waals surface area contributed by atoms with Crippen molar-refractivity contribution in [3.8, 4) is 5.69 Å². The maximum Gasteiger partial charge on any atom is 0.254 e. The van der Waals surface area contributed by atoms with Crippen molar-refractivity contribution in [1.82, 2.24) is 20.1 Å². The summed E-state index contributed by atoms with van der Waals surface area (Å²) in [5, 5.41) is 7.30. The van der Waals surface area contributed by atoms with E-state index in [4.69, 9.17) is 4.74 Å². The molecule has 0 aliphatic carbocycles. The molecule has 0 radical (unpaired) electrons. The number of nitrogens with one attached hydrogen (secondary N) is 1. The summed E-state index contributed by atoms with van der Waals surface area (Å²) in [7, 11) is 0. The maximum absolute atomic E-state index is 12.4. The number of ether oxygens (including phenoxy) is 1. The topological polar surface area (TPSA) is 69.0 Å². The number of hydrogen-bond acceptors (Lipinski definition) is 4. The van der Waals surface area contributed by atoms with Crippen LogP contribution in [0.15, 0.2) is 36.9 Å². The van der Waals surface area contributed by atoms with Crippen LogP contribution in [0.4, 0.5) is 0 Å². The molecule has 6 nitrogen and oxygen atoms in total. The Morgan fingerprint density at radius 3 is 2.91 bits per heavy atom. The Labute approximate surface area is 129 Å². The van der Waals surface area contributed by atoms with Crippen molar-refractivity contribution in [2.24, 2.45) is 0 Å². The van der Waals surface area contributed by atoms with Crippen LogP contribution in [0.25, 0.3) is 5.69 Å². The van der Waals surface area contributed by atoms with E-state index < -0.39 is 0 Å². The van der Waals surface area contributed by atoms with Gasteiger partial charge < -0.3 is 10.1 Å². The van der Waals surface area contributed by atoms with Crippen molar-refractivity contribution in [2.45, 2.75) is 38.3 Å². The van der Waals surface area contributed by atoms with Gasteiger partial charge in [-0.15, -0.1) is 0 Å². The molecule has 2 aromatic rings. The minimum atomic E-state index is -0.183. The second-order valence-corrected chi connectivity index (χ2v) is 6.15. The lowest BCUT2D eigenvalue weighted by molar-refractivity contribution is -0.0615. The highest BCUT2D eigenvalue weighted by Crippen LogP contribution is 2.24. The van der Waals surface area contributed by atoms with Crippen LogP contribution in [0.1, 0.15) is 37.0 Å². The van der Waals surface area contributed by atoms with Gasteiger partial charge in [0.05, 0.1) is 23.0 Å². The fourth-order valence-corrected chi connectivity index (χ4v) is 2.70. The van der Waals surface area contributed by atoms with Crippen molar-refractivity contribution in [2.75, 3.05) is 6.61 Å². The largest absolute Gasteiger partial charge is 0.375 e. The molecule has 1 aliphatic heterocycles. The van der Waals surface area contributed by atoms with Gasteiger partial charge in [-0.2, -0.15) is 5.10 Å². The molecule has 2 aromatic heterocycles. The van der Waals surface area contributed by atoms with Crippen molar-refractivity contribution < 1.29 is 9.53 Å². The first-order chi connectivity index (χ1) is 10.5. The van der Waals surface area contributed by atoms with E-state index in [0.29, 0.717) is 12.2 Å². The van der Waals surface area contributed by atoms with Gasteiger partial charge in [-0.05, 0) is 38.8 Å². The molecule has 6 heteroatoms. The summed E-state index contributed by atoms with van der Waals surface area (Å²) in [6.45, 7) is 4.77. The molecule has 22 heavy (non-hydrogen) atoms. The molecule has 0 saturated carbocycles. The summed E-state index contributed by atoms with van der Waals surface area (Å²) >= 11 is 0. The van der Waals surface area contributed by atoms with Crippen molar-refractivity contribution in [3.05, 3.63) is 42.5 Å². The third kappa shape index (κ3) is 3.33. The highest BCUT2D eigenvalue weighted by Gasteiger charge is 2.29. The third-order valence-electron chi connectivity index (χ3n) is 3.80. The monoisotopic (exact) mass is 300 g/mol. The van der Waals surface area contributed by atoms with Crippen LogP contribution in [0.3, 0.4) is 0 Å². The summed E-state index contributed by atoms with van der Waals surface area (Å²) < 4.78 is 7.34. The number of nitrogens with zero attached hydrogens (tertiary/aromatic N) is 3. The van der Waals surface area contributed by atoms with E-state index in [1.807, 2.05) is 26.0 Å². The first kappa shape index (κ1) is 14.7. The first-order valence-electron chi connectivity index (χ1n) is 7.43. The van der Waals surface area contributed by atoms with Crippen LogP contribution >= 0.6 is 0 Å². The summed E-state index contributed by atoms with van der Waals surface area (Å²) in [5.41, 5.74) is 1.25. The molecule has 0 spiro atoms. The van der Waals surface area contributed by atoms with Gasteiger partial charge in [0.25, 0.3) is 5.91 Å². The molecule has 1 N–H and O–H groups in total. The van der Waals surface area contributed by atoms with Crippen LogP contribution in [-0.2, 0) is 4.74 Å². The summed E-state index contributed by atoms with van der Waals surface area (Å²) in [4.78, 5) is 16.3. The number of aromatic nitrogens is 3. The minimum absolute atomic E-state index is 0.0944. The lowest BCUT2D eigenvalue weighted by Crippen LogP contribution is -2.45. The van der Waals surface area contributed by atoms with Gasteiger partial charge in [-0.25, -0.2) is 4.68 Å². The van der Waals surface area contributed by atoms with Crippen LogP contribution in [0.2, 0.25) is 0 Å². The lowest BCUT2D eigenvalue weighted by Gasteiger charge is -2.35. The zero-order valence-electron chi connectivity index (χ0n) is 12.8. The van der Waals surface area contributed by atoms with Crippen LogP contribution < -0.4 is 5.32 Å². The quantitative estimate of drug-likeness (QED) is 0.940. The second-order valence-electron chi connectivity index (χ2n) is 6.15. The van der Waals surface area contributed by atoms with Gasteiger partial charge in [0.2, 0.25) is 0 Å². The number of carbonyl (C=O) groups is 1. The molecular weight excluding hydrogens is 280 g/mol. The van der Waals surface area contributed by atoms with Gasteiger partial charge in [-0.1, -0.05) is 0 Å². The minimum Gasteiger partial charge on any atom is -0.375 e. The van der Waals surface area contributed by atoms with Gasteiger partial charge in [0.15, 0.2) is 0 Å². The Bertz CT molecular complexity index is 651. The van der Waals surface area contributed by atoms with Gasteiger partial charge in [-0.3, -0.25) is 9.78 Å². The molecule has 3 rings (SSSR count). The normalized spacial score (nSPS) is 20.5. The average Bonchev–Trinajstić information content (AvgIpc) is 2.97. The van der Waals surface area contributed by atoms with E-state index in [0.717, 1.165) is 18.5 Å². The van der Waals surface area contributed by atoms with E-state index in [2.05, 4.69) is 15.4 Å². The van der Waals surface area contributed by atoms with E-state index in [-0.39, 0.29) is 17.6 Å². The fraction of sp³-hybridized carbons (Fsp3) is 0.438. The Kier molecular flexibility index (Phi) is 3.94. The summed E-state index contributed by atoms with van der Waals surface area (Å²) in [6.07, 6.45) is 8.36. The maximum atomic E-state index is 12.4. The Hall–Kier alpha value is -2.21. The molecule has 0 bridgehead atoms. The van der Waals surface area contributed by atoms with Crippen LogP contribution in [0.5, 0.6) is 0 Å². The number of rotatable bonds is 3. The predicted octanol–water partition coefficient (Wildman–Crippen LogP) is 1.95. The molecule has 1 amide bonds.